The first-order valence-corrected chi connectivity index (χ1v) is 6.02. The van der Waals surface area contributed by atoms with Crippen molar-refractivity contribution in [2.75, 3.05) is 0 Å². The number of aliphatic hydroxyl groups is 1. The zero-order valence-corrected chi connectivity index (χ0v) is 11.2. The molecular weight excluding hydrogens is 234 g/mol. The van der Waals surface area contributed by atoms with E-state index >= 15 is 0 Å². The highest BCUT2D eigenvalue weighted by Crippen LogP contribution is 2.36. The zero-order chi connectivity index (χ0) is 13.6. The molecule has 1 fully saturated rings. The van der Waals surface area contributed by atoms with Crippen LogP contribution in [-0.2, 0) is 15.9 Å². The Kier molecular flexibility index (Phi) is 3.26. The minimum absolute atomic E-state index is 0.132. The molecule has 1 saturated heterocycles. The summed E-state index contributed by atoms with van der Waals surface area (Å²) in [5.74, 6) is -0.384. The molecule has 0 bridgehead atoms. The Hall–Kier alpha value is -0.905. The van der Waals surface area contributed by atoms with E-state index in [1.165, 1.54) is 6.07 Å². The lowest BCUT2D eigenvalue weighted by atomic mass is 9.78. The van der Waals surface area contributed by atoms with Gasteiger partial charge in [0.15, 0.2) is 0 Å². The largest absolute Gasteiger partial charge is 0.497 e. The van der Waals surface area contributed by atoms with Crippen molar-refractivity contribution >= 4 is 12.6 Å². The molecular formula is C13H18BFO3. The SMILES string of the molecule is CC1(C)OB(c2cc(CO)ccc2F)OC1(C)C. The molecule has 0 aliphatic carbocycles. The molecule has 1 heterocycles. The highest BCUT2D eigenvalue weighted by molar-refractivity contribution is 6.62. The quantitative estimate of drug-likeness (QED) is 0.813. The first-order chi connectivity index (χ1) is 8.27. The lowest BCUT2D eigenvalue weighted by Gasteiger charge is -2.32. The molecule has 0 radical (unpaired) electrons. The number of rotatable bonds is 2. The molecule has 98 valence electrons. The van der Waals surface area contributed by atoms with E-state index < -0.39 is 18.3 Å². The van der Waals surface area contributed by atoms with Crippen LogP contribution in [0.2, 0.25) is 0 Å². The first kappa shape index (κ1) is 13.5. The maximum Gasteiger partial charge on any atom is 0.497 e. The zero-order valence-electron chi connectivity index (χ0n) is 11.2. The number of aliphatic hydroxyl groups excluding tert-OH is 1. The fourth-order valence-corrected chi connectivity index (χ4v) is 1.84. The summed E-state index contributed by atoms with van der Waals surface area (Å²) < 4.78 is 25.4. The van der Waals surface area contributed by atoms with Crippen LogP contribution in [0.5, 0.6) is 0 Å². The average Bonchev–Trinajstić information content (AvgIpc) is 2.48. The van der Waals surface area contributed by atoms with E-state index in [-0.39, 0.29) is 12.4 Å². The molecule has 1 aliphatic rings. The monoisotopic (exact) mass is 252 g/mol. The summed E-state index contributed by atoms with van der Waals surface area (Å²) in [5.41, 5.74) is -0.0279. The molecule has 0 unspecified atom stereocenters. The minimum atomic E-state index is -0.735. The van der Waals surface area contributed by atoms with E-state index in [1.807, 2.05) is 27.7 Å². The highest BCUT2D eigenvalue weighted by atomic mass is 19.1. The Morgan fingerprint density at radius 3 is 2.22 bits per heavy atom. The Morgan fingerprint density at radius 1 is 1.17 bits per heavy atom. The standard InChI is InChI=1S/C13H18BFO3/c1-12(2)13(3,4)18-14(17-12)10-7-9(8-16)5-6-11(10)15/h5-7,16H,8H2,1-4H3. The summed E-state index contributed by atoms with van der Waals surface area (Å²) in [5, 5.41) is 9.10. The van der Waals surface area contributed by atoms with E-state index in [4.69, 9.17) is 14.4 Å². The van der Waals surface area contributed by atoms with E-state index in [2.05, 4.69) is 0 Å². The van der Waals surface area contributed by atoms with Gasteiger partial charge in [-0.3, -0.25) is 0 Å². The highest BCUT2D eigenvalue weighted by Gasteiger charge is 2.52. The van der Waals surface area contributed by atoms with Crippen molar-refractivity contribution in [3.63, 3.8) is 0 Å². The van der Waals surface area contributed by atoms with E-state index in [0.717, 1.165) is 0 Å². The molecule has 0 atom stereocenters. The van der Waals surface area contributed by atoms with Crippen LogP contribution in [0.25, 0.3) is 0 Å². The fourth-order valence-electron chi connectivity index (χ4n) is 1.84. The Bertz CT molecular complexity index is 444. The second kappa shape index (κ2) is 4.33. The van der Waals surface area contributed by atoms with Gasteiger partial charge in [-0.15, -0.1) is 0 Å². The number of hydrogen-bond acceptors (Lipinski definition) is 3. The van der Waals surface area contributed by atoms with Crippen LogP contribution in [0.1, 0.15) is 33.3 Å². The van der Waals surface area contributed by atoms with Crippen LogP contribution in [-0.4, -0.2) is 23.4 Å². The number of halogens is 1. The molecule has 2 rings (SSSR count). The fraction of sp³-hybridized carbons (Fsp3) is 0.538. The second-order valence-electron chi connectivity index (χ2n) is 5.60. The average molecular weight is 252 g/mol. The van der Waals surface area contributed by atoms with Crippen LogP contribution < -0.4 is 5.46 Å². The summed E-state index contributed by atoms with van der Waals surface area (Å²) >= 11 is 0. The Morgan fingerprint density at radius 2 is 1.72 bits per heavy atom. The van der Waals surface area contributed by atoms with Crippen LogP contribution in [0.4, 0.5) is 4.39 Å². The molecule has 0 amide bonds. The van der Waals surface area contributed by atoms with Crippen LogP contribution in [0.15, 0.2) is 18.2 Å². The van der Waals surface area contributed by atoms with Gasteiger partial charge in [0.25, 0.3) is 0 Å². The first-order valence-electron chi connectivity index (χ1n) is 6.02. The Labute approximate surface area is 107 Å². The molecule has 3 nitrogen and oxygen atoms in total. The second-order valence-corrected chi connectivity index (χ2v) is 5.60. The number of hydrogen-bond donors (Lipinski definition) is 1. The molecule has 1 aromatic carbocycles. The summed E-state index contributed by atoms with van der Waals surface area (Å²) in [7, 11) is -0.735. The van der Waals surface area contributed by atoms with E-state index in [1.54, 1.807) is 12.1 Å². The molecule has 0 saturated carbocycles. The molecule has 0 spiro atoms. The lowest BCUT2D eigenvalue weighted by Crippen LogP contribution is -2.41. The third kappa shape index (κ3) is 2.18. The normalized spacial score (nSPS) is 21.3. The van der Waals surface area contributed by atoms with Gasteiger partial charge in [-0.2, -0.15) is 0 Å². The van der Waals surface area contributed by atoms with Crippen molar-refractivity contribution < 1.29 is 18.8 Å². The van der Waals surface area contributed by atoms with Gasteiger partial charge < -0.3 is 14.4 Å². The smallest absolute Gasteiger partial charge is 0.399 e. The van der Waals surface area contributed by atoms with Gasteiger partial charge in [0.05, 0.1) is 17.8 Å². The summed E-state index contributed by atoms with van der Waals surface area (Å²) in [6.07, 6.45) is 0. The predicted molar refractivity (Wildman–Crippen MR) is 68.0 cm³/mol. The summed E-state index contributed by atoms with van der Waals surface area (Å²) in [4.78, 5) is 0. The predicted octanol–water partition coefficient (Wildman–Crippen LogP) is 1.62. The molecule has 1 N–H and O–H groups in total. The Balaban J connectivity index is 2.34. The molecule has 1 aliphatic heterocycles. The van der Waals surface area contributed by atoms with Gasteiger partial charge in [-0.1, -0.05) is 12.1 Å². The van der Waals surface area contributed by atoms with Gasteiger partial charge in [-0.25, -0.2) is 4.39 Å². The molecule has 1 aromatic rings. The lowest BCUT2D eigenvalue weighted by molar-refractivity contribution is 0.00578. The van der Waals surface area contributed by atoms with Crippen molar-refractivity contribution in [2.24, 2.45) is 0 Å². The third-order valence-corrected chi connectivity index (χ3v) is 3.75. The summed E-state index contributed by atoms with van der Waals surface area (Å²) in [6.45, 7) is 7.54. The van der Waals surface area contributed by atoms with E-state index in [0.29, 0.717) is 11.0 Å². The van der Waals surface area contributed by atoms with Crippen molar-refractivity contribution in [1.82, 2.24) is 0 Å². The molecule has 0 aromatic heterocycles. The van der Waals surface area contributed by atoms with Crippen molar-refractivity contribution in [2.45, 2.75) is 45.5 Å². The van der Waals surface area contributed by atoms with Gasteiger partial charge in [0, 0.05) is 5.46 Å². The van der Waals surface area contributed by atoms with Crippen LogP contribution >= 0.6 is 0 Å². The van der Waals surface area contributed by atoms with Gasteiger partial charge in [-0.05, 0) is 39.3 Å². The number of benzene rings is 1. The molecule has 5 heteroatoms. The van der Waals surface area contributed by atoms with Crippen LogP contribution in [0.3, 0.4) is 0 Å². The van der Waals surface area contributed by atoms with Crippen molar-refractivity contribution in [1.29, 1.82) is 0 Å². The van der Waals surface area contributed by atoms with Crippen molar-refractivity contribution in [3.8, 4) is 0 Å². The maximum absolute atomic E-state index is 13.8. The maximum atomic E-state index is 13.8. The van der Waals surface area contributed by atoms with E-state index in [9.17, 15) is 4.39 Å². The summed E-state index contributed by atoms with van der Waals surface area (Å²) in [6, 6.07) is 4.45. The molecule has 18 heavy (non-hydrogen) atoms. The van der Waals surface area contributed by atoms with Crippen LogP contribution in [0, 0.1) is 5.82 Å². The van der Waals surface area contributed by atoms with Gasteiger partial charge in [0.2, 0.25) is 0 Å². The van der Waals surface area contributed by atoms with Crippen molar-refractivity contribution in [3.05, 3.63) is 29.6 Å². The third-order valence-electron chi connectivity index (χ3n) is 3.75. The van der Waals surface area contributed by atoms with Gasteiger partial charge in [0.1, 0.15) is 5.82 Å². The topological polar surface area (TPSA) is 38.7 Å². The van der Waals surface area contributed by atoms with Gasteiger partial charge >= 0.3 is 7.12 Å². The minimum Gasteiger partial charge on any atom is -0.399 e.